The highest BCUT2D eigenvalue weighted by Crippen LogP contribution is 2.31. The van der Waals surface area contributed by atoms with Crippen LogP contribution in [0.25, 0.3) is 22.2 Å². The smallest absolute Gasteiger partial charge is 0.262 e. The summed E-state index contributed by atoms with van der Waals surface area (Å²) in [4.78, 5) is 24.9. The molecule has 3 heterocycles. The van der Waals surface area contributed by atoms with E-state index < -0.39 is 0 Å². The Balaban J connectivity index is 1.38. The summed E-state index contributed by atoms with van der Waals surface area (Å²) in [6.45, 7) is 0. The standard InChI is InChI=1S/C23H16N4O2S/c28-21(17-10-6-12-24-22(17)29-15-7-2-1-3-8-15)27-23-26-20(14-30-23)18-13-25-19-11-5-4-9-16(18)19/h1-14,25H,(H,26,27,28). The average molecular weight is 412 g/mol. The molecule has 7 heteroatoms. The number of H-pyrrole nitrogens is 1. The summed E-state index contributed by atoms with van der Waals surface area (Å²) in [6.07, 6.45) is 3.52. The molecule has 30 heavy (non-hydrogen) atoms. The number of hydrogen-bond acceptors (Lipinski definition) is 5. The number of amides is 1. The third-order valence-corrected chi connectivity index (χ3v) is 5.32. The number of anilines is 1. The lowest BCUT2D eigenvalue weighted by atomic mass is 10.1. The zero-order chi connectivity index (χ0) is 20.3. The zero-order valence-electron chi connectivity index (χ0n) is 15.7. The van der Waals surface area contributed by atoms with Gasteiger partial charge in [0.15, 0.2) is 5.13 Å². The molecule has 2 N–H and O–H groups in total. The van der Waals surface area contributed by atoms with Gasteiger partial charge in [-0.1, -0.05) is 36.4 Å². The Bertz CT molecular complexity index is 1330. The maximum absolute atomic E-state index is 12.9. The Hall–Kier alpha value is -3.97. The Morgan fingerprint density at radius 2 is 1.83 bits per heavy atom. The van der Waals surface area contributed by atoms with Crippen LogP contribution in [0.1, 0.15) is 10.4 Å². The van der Waals surface area contributed by atoms with Crippen molar-refractivity contribution in [3.05, 3.63) is 90.1 Å². The molecule has 0 aliphatic heterocycles. The van der Waals surface area contributed by atoms with Gasteiger partial charge in [-0.25, -0.2) is 9.97 Å². The molecule has 0 bridgehead atoms. The minimum Gasteiger partial charge on any atom is -0.438 e. The van der Waals surface area contributed by atoms with Crippen molar-refractivity contribution in [3.8, 4) is 22.9 Å². The molecule has 146 valence electrons. The van der Waals surface area contributed by atoms with Crippen molar-refractivity contribution >= 4 is 33.3 Å². The summed E-state index contributed by atoms with van der Waals surface area (Å²) >= 11 is 1.37. The van der Waals surface area contributed by atoms with Crippen molar-refractivity contribution in [3.63, 3.8) is 0 Å². The van der Waals surface area contributed by atoms with Gasteiger partial charge in [-0.05, 0) is 30.3 Å². The summed E-state index contributed by atoms with van der Waals surface area (Å²) in [6, 6.07) is 20.7. The van der Waals surface area contributed by atoms with E-state index in [4.69, 9.17) is 4.74 Å². The summed E-state index contributed by atoms with van der Waals surface area (Å²) in [5.41, 5.74) is 3.19. The fraction of sp³-hybridized carbons (Fsp3) is 0. The van der Waals surface area contributed by atoms with Gasteiger partial charge in [0.05, 0.1) is 5.69 Å². The summed E-state index contributed by atoms with van der Waals surface area (Å²) in [7, 11) is 0. The number of fused-ring (bicyclic) bond motifs is 1. The van der Waals surface area contributed by atoms with Crippen molar-refractivity contribution in [1.29, 1.82) is 0 Å². The van der Waals surface area contributed by atoms with Gasteiger partial charge in [0, 0.05) is 34.2 Å². The van der Waals surface area contributed by atoms with Crippen LogP contribution < -0.4 is 10.1 Å². The largest absolute Gasteiger partial charge is 0.438 e. The number of hydrogen-bond donors (Lipinski definition) is 2. The molecule has 0 saturated heterocycles. The number of pyridine rings is 1. The second-order valence-corrected chi connectivity index (χ2v) is 7.37. The monoisotopic (exact) mass is 412 g/mol. The Morgan fingerprint density at radius 1 is 1.00 bits per heavy atom. The molecule has 3 aromatic heterocycles. The number of rotatable bonds is 5. The van der Waals surface area contributed by atoms with Gasteiger partial charge in [0.25, 0.3) is 5.91 Å². The van der Waals surface area contributed by atoms with Crippen LogP contribution in [-0.2, 0) is 0 Å². The molecule has 5 aromatic rings. The van der Waals surface area contributed by atoms with Crippen molar-refractivity contribution in [2.24, 2.45) is 0 Å². The third kappa shape index (κ3) is 3.54. The average Bonchev–Trinajstić information content (AvgIpc) is 3.41. The molecular weight excluding hydrogens is 396 g/mol. The van der Waals surface area contributed by atoms with E-state index in [1.54, 1.807) is 18.3 Å². The number of nitrogens with zero attached hydrogens (tertiary/aromatic N) is 2. The summed E-state index contributed by atoms with van der Waals surface area (Å²) in [5, 5.41) is 6.38. The number of aromatic amines is 1. The number of carbonyl (C=O) groups excluding carboxylic acids is 1. The van der Waals surface area contributed by atoms with Crippen molar-refractivity contribution < 1.29 is 9.53 Å². The highest BCUT2D eigenvalue weighted by Gasteiger charge is 2.17. The van der Waals surface area contributed by atoms with Gasteiger partial charge in [0.2, 0.25) is 5.88 Å². The second kappa shape index (κ2) is 7.81. The van der Waals surface area contributed by atoms with Crippen LogP contribution in [0.5, 0.6) is 11.6 Å². The van der Waals surface area contributed by atoms with Crippen LogP contribution >= 0.6 is 11.3 Å². The molecule has 0 radical (unpaired) electrons. The Kier molecular flexibility index (Phi) is 4.71. The van der Waals surface area contributed by atoms with Gasteiger partial charge in [-0.2, -0.15) is 0 Å². The number of aromatic nitrogens is 3. The first kappa shape index (κ1) is 18.1. The minimum atomic E-state index is -0.325. The van der Waals surface area contributed by atoms with E-state index in [-0.39, 0.29) is 11.8 Å². The maximum atomic E-state index is 12.9. The summed E-state index contributed by atoms with van der Waals surface area (Å²) < 4.78 is 5.79. The SMILES string of the molecule is O=C(Nc1nc(-c2c[nH]c3ccccc23)cs1)c1cccnc1Oc1ccccc1. The number of benzene rings is 2. The van der Waals surface area contributed by atoms with Crippen LogP contribution in [0.3, 0.4) is 0 Å². The van der Waals surface area contributed by atoms with Crippen molar-refractivity contribution in [2.45, 2.75) is 0 Å². The van der Waals surface area contributed by atoms with Crippen LogP contribution in [0.15, 0.2) is 84.5 Å². The molecule has 0 fully saturated rings. The van der Waals surface area contributed by atoms with Crippen LogP contribution in [0.4, 0.5) is 5.13 Å². The maximum Gasteiger partial charge on any atom is 0.262 e. The van der Waals surface area contributed by atoms with E-state index in [9.17, 15) is 4.79 Å². The third-order valence-electron chi connectivity index (χ3n) is 4.56. The van der Waals surface area contributed by atoms with E-state index in [2.05, 4.69) is 20.3 Å². The molecule has 0 atom stereocenters. The lowest BCUT2D eigenvalue weighted by Crippen LogP contribution is -2.13. The molecule has 0 spiro atoms. The molecule has 2 aromatic carbocycles. The lowest BCUT2D eigenvalue weighted by Gasteiger charge is -2.09. The van der Waals surface area contributed by atoms with E-state index in [0.29, 0.717) is 16.4 Å². The van der Waals surface area contributed by atoms with Crippen LogP contribution in [0.2, 0.25) is 0 Å². The minimum absolute atomic E-state index is 0.245. The van der Waals surface area contributed by atoms with E-state index in [1.165, 1.54) is 11.3 Å². The molecule has 5 rings (SSSR count). The van der Waals surface area contributed by atoms with Gasteiger partial charge in [-0.15, -0.1) is 11.3 Å². The van der Waals surface area contributed by atoms with Gasteiger partial charge in [0.1, 0.15) is 11.3 Å². The second-order valence-electron chi connectivity index (χ2n) is 6.51. The van der Waals surface area contributed by atoms with E-state index in [1.807, 2.05) is 66.2 Å². The summed E-state index contributed by atoms with van der Waals surface area (Å²) in [5.74, 6) is 0.532. The molecule has 0 aliphatic carbocycles. The lowest BCUT2D eigenvalue weighted by molar-refractivity contribution is 0.102. The Labute approximate surface area is 176 Å². The first-order chi connectivity index (χ1) is 14.8. The van der Waals surface area contributed by atoms with Crippen LogP contribution in [0, 0.1) is 0 Å². The van der Waals surface area contributed by atoms with Crippen LogP contribution in [-0.4, -0.2) is 20.9 Å². The highest BCUT2D eigenvalue weighted by atomic mass is 32.1. The molecule has 0 aliphatic rings. The normalized spacial score (nSPS) is 10.8. The van der Waals surface area contributed by atoms with Crippen molar-refractivity contribution in [1.82, 2.24) is 15.0 Å². The quantitative estimate of drug-likeness (QED) is 0.386. The highest BCUT2D eigenvalue weighted by molar-refractivity contribution is 7.14. The molecule has 1 amide bonds. The van der Waals surface area contributed by atoms with Gasteiger partial charge >= 0.3 is 0 Å². The zero-order valence-corrected chi connectivity index (χ0v) is 16.5. The molecular formula is C23H16N4O2S. The number of thiazole rings is 1. The number of para-hydroxylation sites is 2. The fourth-order valence-corrected chi connectivity index (χ4v) is 3.85. The van der Waals surface area contributed by atoms with E-state index in [0.717, 1.165) is 22.2 Å². The fourth-order valence-electron chi connectivity index (χ4n) is 3.15. The van der Waals surface area contributed by atoms with Crippen molar-refractivity contribution in [2.75, 3.05) is 5.32 Å². The van der Waals surface area contributed by atoms with E-state index >= 15 is 0 Å². The van der Waals surface area contributed by atoms with Gasteiger partial charge < -0.3 is 9.72 Å². The first-order valence-corrected chi connectivity index (χ1v) is 10.2. The topological polar surface area (TPSA) is 79.9 Å². The first-order valence-electron chi connectivity index (χ1n) is 9.29. The predicted molar refractivity (Wildman–Crippen MR) is 118 cm³/mol. The molecule has 0 unspecified atom stereocenters. The molecule has 6 nitrogen and oxygen atoms in total. The Morgan fingerprint density at radius 3 is 2.73 bits per heavy atom. The van der Waals surface area contributed by atoms with Gasteiger partial charge in [-0.3, -0.25) is 10.1 Å². The number of carbonyl (C=O) groups is 1. The number of nitrogens with one attached hydrogen (secondary N) is 2. The predicted octanol–water partition coefficient (Wildman–Crippen LogP) is 5.73. The number of ether oxygens (including phenoxy) is 1. The molecule has 0 saturated carbocycles.